The van der Waals surface area contributed by atoms with E-state index in [0.717, 1.165) is 6.20 Å². The normalized spacial score (nSPS) is 12.6. The molecule has 0 aliphatic heterocycles. The molecule has 0 fully saturated rings. The van der Waals surface area contributed by atoms with Crippen LogP contribution in [0.15, 0.2) is 11.1 Å². The van der Waals surface area contributed by atoms with Crippen molar-refractivity contribution in [1.82, 2.24) is 14.5 Å². The second-order valence-electron chi connectivity index (χ2n) is 4.27. The summed E-state index contributed by atoms with van der Waals surface area (Å²) in [5, 5.41) is -0.0356. The van der Waals surface area contributed by atoms with Gasteiger partial charge in [0.2, 0.25) is 0 Å². The molecule has 0 aromatic carbocycles. The predicted octanol–water partition coefficient (Wildman–Crippen LogP) is 2.40. The number of aryl methyl sites for hydroxylation is 1. The van der Waals surface area contributed by atoms with Crippen molar-refractivity contribution < 1.29 is 12.3 Å². The summed E-state index contributed by atoms with van der Waals surface area (Å²) in [5.74, 6) is 0.517. The van der Waals surface area contributed by atoms with Crippen LogP contribution < -0.4 is 0 Å². The van der Waals surface area contributed by atoms with Crippen molar-refractivity contribution in [2.75, 3.05) is 0 Å². The Morgan fingerprint density at radius 2 is 2.00 bits per heavy atom. The third-order valence-corrected chi connectivity index (χ3v) is 3.64. The zero-order chi connectivity index (χ0) is 13.7. The van der Waals surface area contributed by atoms with Crippen LogP contribution in [-0.4, -0.2) is 23.0 Å². The lowest BCUT2D eigenvalue weighted by atomic mass is 10.2. The maximum Gasteiger partial charge on any atom is 0.334 e. The number of hydrogen-bond donors (Lipinski definition) is 0. The summed E-state index contributed by atoms with van der Waals surface area (Å²) in [6.07, 6.45) is 1.14. The SMILES string of the molecule is CC(C)c1nc(Cl)c2c(S(=O)(=O)F)cn(C)c2n1. The summed E-state index contributed by atoms with van der Waals surface area (Å²) < 4.78 is 36.6. The van der Waals surface area contributed by atoms with Gasteiger partial charge in [0.25, 0.3) is 0 Å². The van der Waals surface area contributed by atoms with Gasteiger partial charge < -0.3 is 4.57 Å². The monoisotopic (exact) mass is 291 g/mol. The summed E-state index contributed by atoms with van der Waals surface area (Å²) in [4.78, 5) is 7.70. The highest BCUT2D eigenvalue weighted by molar-refractivity contribution is 7.86. The first-order chi connectivity index (χ1) is 8.21. The van der Waals surface area contributed by atoms with Gasteiger partial charge in [-0.1, -0.05) is 25.4 Å². The average molecular weight is 292 g/mol. The zero-order valence-corrected chi connectivity index (χ0v) is 11.5. The molecule has 0 saturated heterocycles. The second-order valence-corrected chi connectivity index (χ2v) is 5.94. The molecule has 0 atom stereocenters. The van der Waals surface area contributed by atoms with E-state index in [1.807, 2.05) is 13.8 Å². The van der Waals surface area contributed by atoms with E-state index < -0.39 is 15.1 Å². The van der Waals surface area contributed by atoms with Gasteiger partial charge >= 0.3 is 10.2 Å². The topological polar surface area (TPSA) is 64.8 Å². The van der Waals surface area contributed by atoms with Gasteiger partial charge in [-0.2, -0.15) is 8.42 Å². The Hall–Kier alpha value is -1.21. The van der Waals surface area contributed by atoms with Crippen LogP contribution in [0.25, 0.3) is 11.0 Å². The lowest BCUT2D eigenvalue weighted by Crippen LogP contribution is -2.00. The zero-order valence-electron chi connectivity index (χ0n) is 9.98. The van der Waals surface area contributed by atoms with E-state index in [-0.39, 0.29) is 16.5 Å². The highest BCUT2D eigenvalue weighted by atomic mass is 35.5. The van der Waals surface area contributed by atoms with E-state index in [4.69, 9.17) is 11.6 Å². The van der Waals surface area contributed by atoms with Gasteiger partial charge in [0, 0.05) is 19.2 Å². The molecular weight excluding hydrogens is 281 g/mol. The summed E-state index contributed by atoms with van der Waals surface area (Å²) in [6.45, 7) is 3.76. The van der Waals surface area contributed by atoms with Crippen molar-refractivity contribution >= 4 is 32.9 Å². The fourth-order valence-corrected chi connectivity index (χ4v) is 2.69. The van der Waals surface area contributed by atoms with E-state index in [1.54, 1.807) is 7.05 Å². The van der Waals surface area contributed by atoms with Crippen LogP contribution in [0.5, 0.6) is 0 Å². The van der Waals surface area contributed by atoms with Crippen LogP contribution in [-0.2, 0) is 17.3 Å². The molecule has 0 unspecified atom stereocenters. The number of hydrogen-bond acceptors (Lipinski definition) is 4. The Morgan fingerprint density at radius 1 is 1.39 bits per heavy atom. The predicted molar refractivity (Wildman–Crippen MR) is 65.9 cm³/mol. The molecule has 0 aliphatic rings. The minimum Gasteiger partial charge on any atom is -0.334 e. The Labute approximate surface area is 109 Å². The molecule has 8 heteroatoms. The fraction of sp³-hybridized carbons (Fsp3) is 0.400. The smallest absolute Gasteiger partial charge is 0.334 e. The average Bonchev–Trinajstić information content (AvgIpc) is 2.56. The van der Waals surface area contributed by atoms with Gasteiger partial charge in [-0.15, -0.1) is 3.89 Å². The molecule has 18 heavy (non-hydrogen) atoms. The molecule has 0 radical (unpaired) electrons. The summed E-state index contributed by atoms with van der Waals surface area (Å²) in [6, 6.07) is 0. The molecule has 2 aromatic heterocycles. The second kappa shape index (κ2) is 4.17. The van der Waals surface area contributed by atoms with Gasteiger partial charge in [-0.3, -0.25) is 0 Å². The fourth-order valence-electron chi connectivity index (χ4n) is 1.65. The standard InChI is InChI=1S/C10H11ClFN3O2S/c1-5(2)9-13-8(11)7-6(18(12,16)17)4-15(3)10(7)14-9/h4-5H,1-3H3. The molecular formula is C10H11ClFN3O2S. The molecule has 5 nitrogen and oxygen atoms in total. The molecule has 0 bridgehead atoms. The maximum atomic E-state index is 13.1. The molecule has 0 saturated carbocycles. The molecule has 2 aromatic rings. The molecule has 2 heterocycles. The quantitative estimate of drug-likeness (QED) is 0.629. The van der Waals surface area contributed by atoms with Crippen LogP contribution >= 0.6 is 11.6 Å². The van der Waals surface area contributed by atoms with Crippen molar-refractivity contribution in [2.24, 2.45) is 7.05 Å². The number of aromatic nitrogens is 3. The molecule has 0 aliphatic carbocycles. The van der Waals surface area contributed by atoms with Gasteiger partial charge in [0.05, 0.1) is 5.39 Å². The van der Waals surface area contributed by atoms with Gasteiger partial charge in [-0.05, 0) is 0 Å². The summed E-state index contributed by atoms with van der Waals surface area (Å²) in [7, 11) is -3.28. The van der Waals surface area contributed by atoms with E-state index in [0.29, 0.717) is 11.5 Å². The van der Waals surface area contributed by atoms with E-state index in [2.05, 4.69) is 9.97 Å². The highest BCUT2D eigenvalue weighted by Crippen LogP contribution is 2.31. The Balaban J connectivity index is 2.90. The van der Waals surface area contributed by atoms with Crippen molar-refractivity contribution in [1.29, 1.82) is 0 Å². The van der Waals surface area contributed by atoms with E-state index in [9.17, 15) is 12.3 Å². The lowest BCUT2D eigenvalue weighted by Gasteiger charge is -2.05. The van der Waals surface area contributed by atoms with Gasteiger partial charge in [0.15, 0.2) is 0 Å². The Kier molecular flexibility index (Phi) is 3.06. The number of halogens is 2. The first kappa shape index (κ1) is 13.2. The van der Waals surface area contributed by atoms with Crippen molar-refractivity contribution in [2.45, 2.75) is 24.7 Å². The molecule has 2 rings (SSSR count). The third kappa shape index (κ3) is 2.08. The Bertz CT molecular complexity index is 724. The van der Waals surface area contributed by atoms with Crippen molar-refractivity contribution in [3.63, 3.8) is 0 Å². The largest absolute Gasteiger partial charge is 0.334 e. The summed E-state index contributed by atoms with van der Waals surface area (Å²) in [5.41, 5.74) is 0.301. The minimum absolute atomic E-state index is 0.0195. The van der Waals surface area contributed by atoms with Crippen LogP contribution in [0.3, 0.4) is 0 Å². The number of nitrogens with zero attached hydrogens (tertiary/aromatic N) is 3. The van der Waals surface area contributed by atoms with Crippen LogP contribution in [0, 0.1) is 0 Å². The van der Waals surface area contributed by atoms with Gasteiger partial charge in [0.1, 0.15) is 21.5 Å². The van der Waals surface area contributed by atoms with Crippen LogP contribution in [0.4, 0.5) is 3.89 Å². The minimum atomic E-state index is -4.85. The maximum absolute atomic E-state index is 13.1. The molecule has 0 spiro atoms. The highest BCUT2D eigenvalue weighted by Gasteiger charge is 2.24. The molecule has 0 amide bonds. The third-order valence-electron chi connectivity index (χ3n) is 2.53. The number of rotatable bonds is 2. The first-order valence-corrected chi connectivity index (χ1v) is 6.95. The van der Waals surface area contributed by atoms with Gasteiger partial charge in [-0.25, -0.2) is 9.97 Å². The van der Waals surface area contributed by atoms with Crippen molar-refractivity contribution in [3.8, 4) is 0 Å². The lowest BCUT2D eigenvalue weighted by molar-refractivity contribution is 0.552. The van der Waals surface area contributed by atoms with Crippen LogP contribution in [0.2, 0.25) is 5.15 Å². The van der Waals surface area contributed by atoms with E-state index >= 15 is 0 Å². The molecule has 0 N–H and O–H groups in total. The molecule has 98 valence electrons. The summed E-state index contributed by atoms with van der Waals surface area (Å²) >= 11 is 5.94. The first-order valence-electron chi connectivity index (χ1n) is 5.19. The Morgan fingerprint density at radius 3 is 2.50 bits per heavy atom. The van der Waals surface area contributed by atoms with Crippen LogP contribution in [0.1, 0.15) is 25.6 Å². The van der Waals surface area contributed by atoms with Crippen molar-refractivity contribution in [3.05, 3.63) is 17.2 Å². The van der Waals surface area contributed by atoms with E-state index in [1.165, 1.54) is 4.57 Å². The number of fused-ring (bicyclic) bond motifs is 1.